The Kier molecular flexibility index (Phi) is 5.97. The van der Waals surface area contributed by atoms with Crippen molar-refractivity contribution in [2.24, 2.45) is 5.92 Å². The molecule has 1 atom stereocenters. The lowest BCUT2D eigenvalue weighted by Gasteiger charge is -2.33. The average Bonchev–Trinajstić information content (AvgIpc) is 2.61. The summed E-state index contributed by atoms with van der Waals surface area (Å²) in [6.45, 7) is 5.51. The molecule has 0 bridgehead atoms. The number of methoxy groups -OCH3 is 1. The summed E-state index contributed by atoms with van der Waals surface area (Å²) in [6.07, 6.45) is 3.00. The summed E-state index contributed by atoms with van der Waals surface area (Å²) in [5.74, 6) is -0.589. The zero-order valence-electron chi connectivity index (χ0n) is 15.4. The summed E-state index contributed by atoms with van der Waals surface area (Å²) in [5.41, 5.74) is 1.24. The van der Waals surface area contributed by atoms with E-state index in [1.807, 2.05) is 38.1 Å². The van der Waals surface area contributed by atoms with Gasteiger partial charge in [-0.25, -0.2) is 0 Å². The van der Waals surface area contributed by atoms with Crippen LogP contribution < -0.4 is 10.1 Å². The first-order chi connectivity index (χ1) is 12.2. The minimum absolute atomic E-state index is 0.0414. The molecule has 0 aliphatic rings. The van der Waals surface area contributed by atoms with Gasteiger partial charge in [0.15, 0.2) is 0 Å². The summed E-state index contributed by atoms with van der Waals surface area (Å²) < 4.78 is 5.15. The molecule has 1 aromatic heterocycles. The maximum Gasteiger partial charge on any atom is 0.305 e. The van der Waals surface area contributed by atoms with Crippen LogP contribution >= 0.6 is 0 Å². The molecule has 1 unspecified atom stereocenters. The first-order valence-corrected chi connectivity index (χ1v) is 8.39. The molecule has 26 heavy (non-hydrogen) atoms. The lowest BCUT2D eigenvalue weighted by molar-refractivity contribution is -0.138. The third-order valence-corrected chi connectivity index (χ3v) is 4.62. The zero-order chi connectivity index (χ0) is 19.3. The van der Waals surface area contributed by atoms with Crippen molar-refractivity contribution in [3.8, 4) is 16.9 Å². The van der Waals surface area contributed by atoms with Crippen molar-refractivity contribution >= 4 is 11.9 Å². The number of amides is 1. The predicted octanol–water partition coefficient (Wildman–Crippen LogP) is 3.38. The molecule has 1 aromatic carbocycles. The zero-order valence-corrected chi connectivity index (χ0v) is 15.4. The number of aromatic nitrogens is 1. The average molecular weight is 356 g/mol. The largest absolute Gasteiger partial charge is 0.497 e. The topological polar surface area (TPSA) is 88.5 Å². The first-order valence-electron chi connectivity index (χ1n) is 8.39. The van der Waals surface area contributed by atoms with Gasteiger partial charge in [-0.3, -0.25) is 14.6 Å². The highest BCUT2D eigenvalue weighted by Crippen LogP contribution is 2.24. The Hall–Kier alpha value is -2.89. The Morgan fingerprint density at radius 2 is 1.85 bits per heavy atom. The van der Waals surface area contributed by atoms with Gasteiger partial charge in [-0.1, -0.05) is 26.0 Å². The Balaban J connectivity index is 2.25. The summed E-state index contributed by atoms with van der Waals surface area (Å²) in [5, 5.41) is 12.0. The standard InChI is InChI=1S/C20H24N2O4/c1-13(2)20(3,10-18(23)24)22-19(25)16-9-15(11-21-12-16)14-5-7-17(26-4)8-6-14/h5-9,11-13H,10H2,1-4H3,(H,22,25)(H,23,24). The van der Waals surface area contributed by atoms with Crippen LogP contribution in [0.5, 0.6) is 5.75 Å². The van der Waals surface area contributed by atoms with Crippen LogP contribution in [0, 0.1) is 5.92 Å². The van der Waals surface area contributed by atoms with Crippen LogP contribution in [0.2, 0.25) is 0 Å². The minimum atomic E-state index is -0.952. The summed E-state index contributed by atoms with van der Waals surface area (Å²) >= 11 is 0. The van der Waals surface area contributed by atoms with Crippen molar-refractivity contribution in [3.63, 3.8) is 0 Å². The number of nitrogens with one attached hydrogen (secondary N) is 1. The number of aliphatic carboxylic acids is 1. The molecule has 1 heterocycles. The second kappa shape index (κ2) is 7.99. The Morgan fingerprint density at radius 1 is 1.19 bits per heavy atom. The molecular weight excluding hydrogens is 332 g/mol. The van der Waals surface area contributed by atoms with E-state index < -0.39 is 11.5 Å². The van der Waals surface area contributed by atoms with Crippen LogP contribution in [0.25, 0.3) is 11.1 Å². The number of hydrogen-bond acceptors (Lipinski definition) is 4. The van der Waals surface area contributed by atoms with Gasteiger partial charge in [0.25, 0.3) is 5.91 Å². The van der Waals surface area contributed by atoms with Crippen molar-refractivity contribution < 1.29 is 19.4 Å². The summed E-state index contributed by atoms with van der Waals surface area (Å²) in [6, 6.07) is 9.20. The fourth-order valence-corrected chi connectivity index (χ4v) is 2.54. The molecule has 0 spiro atoms. The molecule has 1 amide bonds. The highest BCUT2D eigenvalue weighted by Gasteiger charge is 2.33. The van der Waals surface area contributed by atoms with Crippen molar-refractivity contribution in [1.29, 1.82) is 0 Å². The Morgan fingerprint density at radius 3 is 2.38 bits per heavy atom. The second-order valence-electron chi connectivity index (χ2n) is 6.79. The van der Waals surface area contributed by atoms with Gasteiger partial charge >= 0.3 is 5.97 Å². The highest BCUT2D eigenvalue weighted by atomic mass is 16.5. The number of pyridine rings is 1. The quantitative estimate of drug-likeness (QED) is 0.794. The van der Waals surface area contributed by atoms with E-state index >= 15 is 0 Å². The molecule has 0 saturated heterocycles. The molecule has 6 heteroatoms. The Bertz CT molecular complexity index is 787. The van der Waals surface area contributed by atoms with Gasteiger partial charge in [0, 0.05) is 18.0 Å². The summed E-state index contributed by atoms with van der Waals surface area (Å²) in [4.78, 5) is 28.0. The van der Waals surface area contributed by atoms with Crippen molar-refractivity contribution in [1.82, 2.24) is 10.3 Å². The van der Waals surface area contributed by atoms with Crippen LogP contribution in [0.4, 0.5) is 0 Å². The van der Waals surface area contributed by atoms with Crippen LogP contribution in [-0.4, -0.2) is 34.6 Å². The number of ether oxygens (including phenoxy) is 1. The number of benzene rings is 1. The normalized spacial score (nSPS) is 13.1. The van der Waals surface area contributed by atoms with Gasteiger partial charge < -0.3 is 15.2 Å². The number of nitrogens with zero attached hydrogens (tertiary/aromatic N) is 1. The van der Waals surface area contributed by atoms with Gasteiger partial charge in [-0.2, -0.15) is 0 Å². The number of carbonyl (C=O) groups is 2. The maximum atomic E-state index is 12.7. The molecule has 2 aromatic rings. The van der Waals surface area contributed by atoms with E-state index in [0.29, 0.717) is 5.56 Å². The first kappa shape index (κ1) is 19.4. The van der Waals surface area contributed by atoms with E-state index in [-0.39, 0.29) is 18.2 Å². The van der Waals surface area contributed by atoms with Gasteiger partial charge in [-0.05, 0) is 36.6 Å². The van der Waals surface area contributed by atoms with Gasteiger partial charge in [-0.15, -0.1) is 0 Å². The lowest BCUT2D eigenvalue weighted by Crippen LogP contribution is -2.51. The molecule has 0 aliphatic carbocycles. The molecule has 2 N–H and O–H groups in total. The fourth-order valence-electron chi connectivity index (χ4n) is 2.54. The molecule has 0 radical (unpaired) electrons. The number of hydrogen-bond donors (Lipinski definition) is 2. The van der Waals surface area contributed by atoms with E-state index in [9.17, 15) is 9.59 Å². The van der Waals surface area contributed by atoms with E-state index in [2.05, 4.69) is 10.3 Å². The van der Waals surface area contributed by atoms with Crippen LogP contribution in [0.3, 0.4) is 0 Å². The van der Waals surface area contributed by atoms with Crippen molar-refractivity contribution in [3.05, 3.63) is 48.3 Å². The number of carboxylic acids is 1. The molecule has 6 nitrogen and oxygen atoms in total. The van der Waals surface area contributed by atoms with Gasteiger partial charge in [0.1, 0.15) is 5.75 Å². The third kappa shape index (κ3) is 4.59. The predicted molar refractivity (Wildman–Crippen MR) is 99.2 cm³/mol. The third-order valence-electron chi connectivity index (χ3n) is 4.62. The molecule has 0 fully saturated rings. The minimum Gasteiger partial charge on any atom is -0.497 e. The second-order valence-corrected chi connectivity index (χ2v) is 6.79. The summed E-state index contributed by atoms with van der Waals surface area (Å²) in [7, 11) is 1.60. The Labute approximate surface area is 153 Å². The molecular formula is C20H24N2O4. The molecule has 0 saturated carbocycles. The highest BCUT2D eigenvalue weighted by molar-refractivity contribution is 5.95. The maximum absolute atomic E-state index is 12.7. The van der Waals surface area contributed by atoms with Crippen LogP contribution in [-0.2, 0) is 4.79 Å². The number of carbonyl (C=O) groups excluding carboxylic acids is 1. The van der Waals surface area contributed by atoms with E-state index in [1.165, 1.54) is 6.20 Å². The van der Waals surface area contributed by atoms with Crippen molar-refractivity contribution in [2.45, 2.75) is 32.7 Å². The SMILES string of the molecule is COc1ccc(-c2cncc(C(=O)NC(C)(CC(=O)O)C(C)C)c2)cc1. The molecule has 0 aliphatic heterocycles. The molecule has 2 rings (SSSR count). The fraction of sp³-hybridized carbons (Fsp3) is 0.350. The van der Waals surface area contributed by atoms with Crippen molar-refractivity contribution in [2.75, 3.05) is 7.11 Å². The van der Waals surface area contributed by atoms with E-state index in [1.54, 1.807) is 26.3 Å². The smallest absolute Gasteiger partial charge is 0.305 e. The number of carboxylic acid groups (broad SMARTS) is 1. The molecule has 138 valence electrons. The van der Waals surface area contributed by atoms with E-state index in [4.69, 9.17) is 9.84 Å². The van der Waals surface area contributed by atoms with Gasteiger partial charge in [0.2, 0.25) is 0 Å². The monoisotopic (exact) mass is 356 g/mol. The lowest BCUT2D eigenvalue weighted by atomic mass is 9.85. The number of rotatable bonds is 7. The van der Waals surface area contributed by atoms with Gasteiger partial charge in [0.05, 0.1) is 24.6 Å². The van der Waals surface area contributed by atoms with Crippen LogP contribution in [0.15, 0.2) is 42.7 Å². The van der Waals surface area contributed by atoms with Crippen LogP contribution in [0.1, 0.15) is 37.6 Å². The van der Waals surface area contributed by atoms with E-state index in [0.717, 1.165) is 16.9 Å².